The van der Waals surface area contributed by atoms with Crippen molar-refractivity contribution in [1.29, 1.82) is 0 Å². The molecule has 0 saturated carbocycles. The molecule has 4 rings (SSSR count). The van der Waals surface area contributed by atoms with Gasteiger partial charge in [0.15, 0.2) is 0 Å². The number of nitrogens with zero attached hydrogens (tertiary/aromatic N) is 4. The van der Waals surface area contributed by atoms with E-state index in [1.807, 2.05) is 17.5 Å². The number of hydrogen-bond donors (Lipinski definition) is 0. The lowest BCUT2D eigenvalue weighted by Gasteiger charge is -2.21. The van der Waals surface area contributed by atoms with Crippen molar-refractivity contribution in [2.75, 3.05) is 13.6 Å². The van der Waals surface area contributed by atoms with E-state index >= 15 is 0 Å². The Labute approximate surface area is 157 Å². The second kappa shape index (κ2) is 6.47. The molecular formula is C17H14N4O5S. The molecule has 1 saturated heterocycles. The quantitative estimate of drug-likeness (QED) is 0.584. The summed E-state index contributed by atoms with van der Waals surface area (Å²) in [5.41, 5.74) is 0.715. The van der Waals surface area contributed by atoms with Crippen molar-refractivity contribution in [2.24, 2.45) is 5.10 Å². The third kappa shape index (κ3) is 2.83. The molecule has 1 fully saturated rings. The van der Waals surface area contributed by atoms with Gasteiger partial charge in [0, 0.05) is 13.5 Å². The molecule has 10 heteroatoms. The van der Waals surface area contributed by atoms with Crippen LogP contribution in [0.4, 0.5) is 4.79 Å². The van der Waals surface area contributed by atoms with Crippen LogP contribution in [0.2, 0.25) is 0 Å². The average Bonchev–Trinajstić information content (AvgIpc) is 3.43. The highest BCUT2D eigenvalue weighted by Crippen LogP contribution is 2.34. The zero-order chi connectivity index (χ0) is 19.1. The number of urea groups is 1. The molecule has 2 aromatic rings. The lowest BCUT2D eigenvalue weighted by molar-refractivity contribution is -0.145. The molecule has 0 spiro atoms. The number of rotatable bonds is 4. The Balaban J connectivity index is 1.60. The Morgan fingerprint density at radius 3 is 2.67 bits per heavy atom. The molecule has 0 aliphatic carbocycles. The normalized spacial score (nSPS) is 20.0. The Morgan fingerprint density at radius 1 is 1.26 bits per heavy atom. The van der Waals surface area contributed by atoms with Gasteiger partial charge in [-0.2, -0.15) is 5.10 Å². The van der Waals surface area contributed by atoms with E-state index in [4.69, 9.17) is 4.42 Å². The maximum atomic E-state index is 12.8. The lowest BCUT2D eigenvalue weighted by Crippen LogP contribution is -2.41. The first kappa shape index (κ1) is 17.2. The Bertz CT molecular complexity index is 950. The van der Waals surface area contributed by atoms with Crippen LogP contribution >= 0.6 is 11.3 Å². The molecule has 138 valence electrons. The van der Waals surface area contributed by atoms with Crippen LogP contribution in [0.5, 0.6) is 0 Å². The Morgan fingerprint density at radius 2 is 2.07 bits per heavy atom. The van der Waals surface area contributed by atoms with Gasteiger partial charge in [0.2, 0.25) is 0 Å². The van der Waals surface area contributed by atoms with E-state index in [1.54, 1.807) is 12.1 Å². The molecule has 4 heterocycles. The summed E-state index contributed by atoms with van der Waals surface area (Å²) in [6, 6.07) is 5.93. The van der Waals surface area contributed by atoms with E-state index in [0.29, 0.717) is 27.7 Å². The number of furan rings is 1. The van der Waals surface area contributed by atoms with E-state index < -0.39 is 36.3 Å². The van der Waals surface area contributed by atoms with Crippen LogP contribution in [0.15, 0.2) is 45.4 Å². The van der Waals surface area contributed by atoms with E-state index in [0.717, 1.165) is 4.88 Å². The van der Waals surface area contributed by atoms with Crippen molar-refractivity contribution in [3.8, 4) is 0 Å². The summed E-state index contributed by atoms with van der Waals surface area (Å²) in [4.78, 5) is 50.7. The van der Waals surface area contributed by atoms with Gasteiger partial charge in [-0.3, -0.25) is 19.3 Å². The molecular weight excluding hydrogens is 372 g/mol. The molecule has 2 aromatic heterocycles. The third-order valence-corrected chi connectivity index (χ3v) is 5.31. The van der Waals surface area contributed by atoms with Gasteiger partial charge in [-0.1, -0.05) is 6.07 Å². The summed E-state index contributed by atoms with van der Waals surface area (Å²) < 4.78 is 5.44. The molecule has 0 aromatic carbocycles. The maximum absolute atomic E-state index is 12.8. The fraction of sp³-hybridized carbons (Fsp3) is 0.235. The van der Waals surface area contributed by atoms with E-state index in [2.05, 4.69) is 5.10 Å². The Hall–Kier alpha value is -3.27. The van der Waals surface area contributed by atoms with E-state index in [9.17, 15) is 19.2 Å². The number of imide groups is 2. The zero-order valence-electron chi connectivity index (χ0n) is 14.2. The van der Waals surface area contributed by atoms with Gasteiger partial charge in [0.05, 0.1) is 16.9 Å². The molecule has 2 aliphatic rings. The van der Waals surface area contributed by atoms with Gasteiger partial charge in [-0.05, 0) is 23.6 Å². The van der Waals surface area contributed by atoms with Crippen molar-refractivity contribution in [3.63, 3.8) is 0 Å². The molecule has 2 aliphatic heterocycles. The first-order valence-electron chi connectivity index (χ1n) is 8.07. The van der Waals surface area contributed by atoms with E-state index in [-0.39, 0.29) is 0 Å². The average molecular weight is 386 g/mol. The van der Waals surface area contributed by atoms with Crippen LogP contribution in [-0.4, -0.2) is 57.9 Å². The van der Waals surface area contributed by atoms with Crippen LogP contribution in [0.1, 0.15) is 23.1 Å². The van der Waals surface area contributed by atoms with Gasteiger partial charge in [-0.25, -0.2) is 14.7 Å². The van der Waals surface area contributed by atoms with Gasteiger partial charge in [0.1, 0.15) is 18.3 Å². The molecule has 9 nitrogen and oxygen atoms in total. The molecule has 27 heavy (non-hydrogen) atoms. The predicted molar refractivity (Wildman–Crippen MR) is 93.6 cm³/mol. The first-order chi connectivity index (χ1) is 13.0. The first-order valence-corrected chi connectivity index (χ1v) is 8.95. The topological polar surface area (TPSA) is 104 Å². The fourth-order valence-electron chi connectivity index (χ4n) is 3.00. The van der Waals surface area contributed by atoms with Crippen molar-refractivity contribution >= 4 is 40.8 Å². The smallest absolute Gasteiger partial charge is 0.334 e. The highest BCUT2D eigenvalue weighted by Gasteiger charge is 2.45. The molecule has 0 bridgehead atoms. The lowest BCUT2D eigenvalue weighted by atomic mass is 10.1. The second-order valence-corrected chi connectivity index (χ2v) is 6.98. The summed E-state index contributed by atoms with van der Waals surface area (Å²) >= 11 is 1.50. The molecule has 0 unspecified atom stereocenters. The number of thiophene rings is 1. The monoisotopic (exact) mass is 386 g/mol. The van der Waals surface area contributed by atoms with Crippen molar-refractivity contribution in [2.45, 2.75) is 12.5 Å². The number of carbonyl (C=O) groups excluding carboxylic acids is 4. The standard InChI is InChI=1S/C17H14N4O5S/c1-19-15(23)16(24)20(17(19)25)9-14(22)21-11(12-4-2-6-26-12)8-10(18-21)13-5-3-7-27-13/h2-7,11H,8-9H2,1H3/t11-/m1/s1. The summed E-state index contributed by atoms with van der Waals surface area (Å²) in [5.74, 6) is -2.01. The fourth-order valence-corrected chi connectivity index (χ4v) is 3.72. The van der Waals surface area contributed by atoms with Gasteiger partial charge < -0.3 is 4.42 Å². The van der Waals surface area contributed by atoms with E-state index in [1.165, 1.54) is 29.7 Å². The van der Waals surface area contributed by atoms with Crippen LogP contribution in [-0.2, 0) is 14.4 Å². The van der Waals surface area contributed by atoms with Crippen LogP contribution < -0.4 is 0 Å². The predicted octanol–water partition coefficient (Wildman–Crippen LogP) is 1.44. The number of hydrazone groups is 1. The van der Waals surface area contributed by atoms with Crippen molar-refractivity contribution < 1.29 is 23.6 Å². The minimum Gasteiger partial charge on any atom is -0.467 e. The highest BCUT2D eigenvalue weighted by molar-refractivity contribution is 7.12. The number of likely N-dealkylation sites (N-methyl/N-ethyl adjacent to an activating group) is 1. The zero-order valence-corrected chi connectivity index (χ0v) is 15.0. The summed E-state index contributed by atoms with van der Waals surface area (Å²) in [6.45, 7) is -0.563. The van der Waals surface area contributed by atoms with Crippen LogP contribution in [0, 0.1) is 0 Å². The largest absolute Gasteiger partial charge is 0.467 e. The number of amides is 5. The van der Waals surface area contributed by atoms with Gasteiger partial charge >= 0.3 is 17.8 Å². The molecule has 0 N–H and O–H groups in total. The second-order valence-electron chi connectivity index (χ2n) is 6.04. The summed E-state index contributed by atoms with van der Waals surface area (Å²) in [6.07, 6.45) is 1.95. The molecule has 1 atom stereocenters. The van der Waals surface area contributed by atoms with Gasteiger partial charge in [0.25, 0.3) is 5.91 Å². The van der Waals surface area contributed by atoms with Crippen molar-refractivity contribution in [3.05, 3.63) is 46.5 Å². The third-order valence-electron chi connectivity index (χ3n) is 4.39. The van der Waals surface area contributed by atoms with Crippen LogP contribution in [0.3, 0.4) is 0 Å². The molecule has 5 amide bonds. The molecule has 0 radical (unpaired) electrons. The SMILES string of the molecule is CN1C(=O)C(=O)N(CC(=O)N2N=C(c3cccs3)C[C@@H]2c2ccco2)C1=O. The van der Waals surface area contributed by atoms with Crippen molar-refractivity contribution in [1.82, 2.24) is 14.8 Å². The number of carbonyl (C=O) groups is 4. The number of hydrogen-bond acceptors (Lipinski definition) is 7. The minimum atomic E-state index is -1.02. The highest BCUT2D eigenvalue weighted by atomic mass is 32.1. The summed E-state index contributed by atoms with van der Waals surface area (Å²) in [5, 5.41) is 7.53. The van der Waals surface area contributed by atoms with Crippen LogP contribution in [0.25, 0.3) is 0 Å². The maximum Gasteiger partial charge on any atom is 0.334 e. The summed E-state index contributed by atoms with van der Waals surface area (Å²) in [7, 11) is 1.20. The Kier molecular flexibility index (Phi) is 4.11. The van der Waals surface area contributed by atoms with Gasteiger partial charge in [-0.15, -0.1) is 11.3 Å². The minimum absolute atomic E-state index is 0.445.